The lowest BCUT2D eigenvalue weighted by molar-refractivity contribution is 0.445. The molecule has 1 N–H and O–H groups in total. The number of benzene rings is 1. The molecule has 1 saturated heterocycles. The van der Waals surface area contributed by atoms with Crippen molar-refractivity contribution in [1.29, 1.82) is 0 Å². The summed E-state index contributed by atoms with van der Waals surface area (Å²) in [5.74, 6) is 0. The van der Waals surface area contributed by atoms with E-state index in [0.29, 0.717) is 0 Å². The molecule has 92 valence electrons. The Hall–Kier alpha value is -1.18. The molecule has 0 atom stereocenters. The first kappa shape index (κ1) is 10.9. The van der Waals surface area contributed by atoms with Crippen molar-refractivity contribution in [1.82, 2.24) is 0 Å². The van der Waals surface area contributed by atoms with Crippen LogP contribution in [0.4, 0.5) is 11.4 Å². The van der Waals surface area contributed by atoms with Crippen molar-refractivity contribution in [2.75, 3.05) is 23.3 Å². The van der Waals surface area contributed by atoms with E-state index in [-0.39, 0.29) is 0 Å². The largest absolute Gasteiger partial charge is 0.382 e. The standard InChI is InChI=1S/C15H22N2/c1-12-11-14(17-9-2-3-10-17)7-8-15(12)16-13-5-4-6-13/h7-8,11,13,16H,2-6,9-10H2,1H3. The molecule has 2 nitrogen and oxygen atoms in total. The maximum Gasteiger partial charge on any atom is 0.0373 e. The topological polar surface area (TPSA) is 15.3 Å². The lowest BCUT2D eigenvalue weighted by atomic mass is 9.92. The predicted molar refractivity (Wildman–Crippen MR) is 73.9 cm³/mol. The molecule has 3 rings (SSSR count). The number of hydrogen-bond donors (Lipinski definition) is 1. The second kappa shape index (κ2) is 4.59. The van der Waals surface area contributed by atoms with Gasteiger partial charge in [0, 0.05) is 30.5 Å². The molecule has 1 aromatic carbocycles. The van der Waals surface area contributed by atoms with Crippen LogP contribution in [0.25, 0.3) is 0 Å². The van der Waals surface area contributed by atoms with Crippen LogP contribution in [0.15, 0.2) is 18.2 Å². The minimum Gasteiger partial charge on any atom is -0.382 e. The summed E-state index contributed by atoms with van der Waals surface area (Å²) in [5, 5.41) is 3.65. The number of nitrogens with zero attached hydrogens (tertiary/aromatic N) is 1. The van der Waals surface area contributed by atoms with Crippen LogP contribution in [0.3, 0.4) is 0 Å². The number of anilines is 2. The van der Waals surface area contributed by atoms with E-state index in [9.17, 15) is 0 Å². The first-order valence-corrected chi connectivity index (χ1v) is 6.95. The minimum atomic E-state index is 0.728. The van der Waals surface area contributed by atoms with Gasteiger partial charge in [-0.1, -0.05) is 0 Å². The van der Waals surface area contributed by atoms with Gasteiger partial charge in [-0.15, -0.1) is 0 Å². The zero-order valence-corrected chi connectivity index (χ0v) is 10.7. The Morgan fingerprint density at radius 2 is 1.88 bits per heavy atom. The summed E-state index contributed by atoms with van der Waals surface area (Å²) in [6.45, 7) is 4.68. The molecule has 0 aromatic heterocycles. The summed E-state index contributed by atoms with van der Waals surface area (Å²) in [4.78, 5) is 2.50. The fraction of sp³-hybridized carbons (Fsp3) is 0.600. The summed E-state index contributed by atoms with van der Waals surface area (Å²) in [5.41, 5.74) is 4.12. The first-order chi connectivity index (χ1) is 8.33. The van der Waals surface area contributed by atoms with Gasteiger partial charge in [-0.2, -0.15) is 0 Å². The van der Waals surface area contributed by atoms with Crippen molar-refractivity contribution in [2.24, 2.45) is 0 Å². The smallest absolute Gasteiger partial charge is 0.0373 e. The van der Waals surface area contributed by atoms with Crippen LogP contribution in [-0.4, -0.2) is 19.1 Å². The Morgan fingerprint density at radius 1 is 1.12 bits per heavy atom. The van der Waals surface area contributed by atoms with Crippen molar-refractivity contribution in [3.63, 3.8) is 0 Å². The van der Waals surface area contributed by atoms with Crippen molar-refractivity contribution >= 4 is 11.4 Å². The lowest BCUT2D eigenvalue weighted by Crippen LogP contribution is -2.27. The van der Waals surface area contributed by atoms with Gasteiger partial charge in [0.15, 0.2) is 0 Å². The van der Waals surface area contributed by atoms with Crippen LogP contribution in [-0.2, 0) is 0 Å². The van der Waals surface area contributed by atoms with Gasteiger partial charge in [-0.25, -0.2) is 0 Å². The van der Waals surface area contributed by atoms with Crippen LogP contribution >= 0.6 is 0 Å². The average molecular weight is 230 g/mol. The Bertz CT molecular complexity index is 390. The second-order valence-electron chi connectivity index (χ2n) is 5.47. The van der Waals surface area contributed by atoms with E-state index >= 15 is 0 Å². The van der Waals surface area contributed by atoms with E-state index in [0.717, 1.165) is 6.04 Å². The van der Waals surface area contributed by atoms with Crippen LogP contribution < -0.4 is 10.2 Å². The lowest BCUT2D eigenvalue weighted by Gasteiger charge is -2.29. The second-order valence-corrected chi connectivity index (χ2v) is 5.47. The van der Waals surface area contributed by atoms with Gasteiger partial charge >= 0.3 is 0 Å². The number of aryl methyl sites for hydroxylation is 1. The Balaban J connectivity index is 1.73. The zero-order valence-electron chi connectivity index (χ0n) is 10.7. The molecule has 1 saturated carbocycles. The highest BCUT2D eigenvalue weighted by Gasteiger charge is 2.18. The van der Waals surface area contributed by atoms with E-state index in [1.54, 1.807) is 0 Å². The fourth-order valence-corrected chi connectivity index (χ4v) is 2.75. The SMILES string of the molecule is Cc1cc(N2CCCC2)ccc1NC1CCC1. The summed E-state index contributed by atoms with van der Waals surface area (Å²) >= 11 is 0. The van der Waals surface area contributed by atoms with Crippen LogP contribution in [0.1, 0.15) is 37.7 Å². The third-order valence-corrected chi connectivity index (χ3v) is 4.15. The molecular formula is C15H22N2. The van der Waals surface area contributed by atoms with Gasteiger partial charge in [-0.05, 0) is 62.8 Å². The quantitative estimate of drug-likeness (QED) is 0.854. The number of nitrogens with one attached hydrogen (secondary N) is 1. The minimum absolute atomic E-state index is 0.728. The molecule has 0 bridgehead atoms. The maximum atomic E-state index is 3.65. The molecule has 0 spiro atoms. The molecule has 17 heavy (non-hydrogen) atoms. The molecule has 0 radical (unpaired) electrons. The summed E-state index contributed by atoms with van der Waals surface area (Å²) in [6.07, 6.45) is 6.77. The van der Waals surface area contributed by atoms with Crippen molar-refractivity contribution in [3.8, 4) is 0 Å². The molecule has 1 aliphatic carbocycles. The average Bonchev–Trinajstić information content (AvgIpc) is 2.78. The molecule has 2 fully saturated rings. The predicted octanol–water partition coefficient (Wildman–Crippen LogP) is 3.56. The molecular weight excluding hydrogens is 208 g/mol. The van der Waals surface area contributed by atoms with Crippen molar-refractivity contribution < 1.29 is 0 Å². The van der Waals surface area contributed by atoms with E-state index < -0.39 is 0 Å². The third kappa shape index (κ3) is 2.26. The van der Waals surface area contributed by atoms with Gasteiger partial charge in [-0.3, -0.25) is 0 Å². The summed E-state index contributed by atoms with van der Waals surface area (Å²) in [6, 6.07) is 7.61. The van der Waals surface area contributed by atoms with Crippen LogP contribution in [0.2, 0.25) is 0 Å². The maximum absolute atomic E-state index is 3.65. The van der Waals surface area contributed by atoms with Gasteiger partial charge in [0.1, 0.15) is 0 Å². The van der Waals surface area contributed by atoms with E-state index in [4.69, 9.17) is 0 Å². The zero-order chi connectivity index (χ0) is 11.7. The Morgan fingerprint density at radius 3 is 2.47 bits per heavy atom. The third-order valence-electron chi connectivity index (χ3n) is 4.15. The molecule has 0 amide bonds. The fourth-order valence-electron chi connectivity index (χ4n) is 2.75. The van der Waals surface area contributed by atoms with Crippen molar-refractivity contribution in [3.05, 3.63) is 23.8 Å². The van der Waals surface area contributed by atoms with E-state index in [2.05, 4.69) is 35.3 Å². The van der Waals surface area contributed by atoms with Crippen LogP contribution in [0, 0.1) is 6.92 Å². The molecule has 2 heteroatoms. The number of rotatable bonds is 3. The highest BCUT2D eigenvalue weighted by molar-refractivity contribution is 5.61. The van der Waals surface area contributed by atoms with Crippen LogP contribution in [0.5, 0.6) is 0 Å². The molecule has 1 aromatic rings. The monoisotopic (exact) mass is 230 g/mol. The van der Waals surface area contributed by atoms with E-state index in [1.807, 2.05) is 0 Å². The highest BCUT2D eigenvalue weighted by atomic mass is 15.1. The highest BCUT2D eigenvalue weighted by Crippen LogP contribution is 2.28. The molecule has 2 aliphatic rings. The summed E-state index contributed by atoms with van der Waals surface area (Å²) in [7, 11) is 0. The number of hydrogen-bond acceptors (Lipinski definition) is 2. The Labute approximate surface area is 104 Å². The first-order valence-electron chi connectivity index (χ1n) is 6.95. The molecule has 0 unspecified atom stereocenters. The molecule has 1 heterocycles. The normalized spacial score (nSPS) is 20.4. The van der Waals surface area contributed by atoms with Gasteiger partial charge < -0.3 is 10.2 Å². The Kier molecular flexibility index (Phi) is 2.96. The molecule has 1 aliphatic heterocycles. The van der Waals surface area contributed by atoms with Crippen molar-refractivity contribution in [2.45, 2.75) is 45.1 Å². The van der Waals surface area contributed by atoms with E-state index in [1.165, 1.54) is 62.1 Å². The van der Waals surface area contributed by atoms with Gasteiger partial charge in [0.2, 0.25) is 0 Å². The van der Waals surface area contributed by atoms with Gasteiger partial charge in [0.25, 0.3) is 0 Å². The summed E-state index contributed by atoms with van der Waals surface area (Å²) < 4.78 is 0. The van der Waals surface area contributed by atoms with Gasteiger partial charge in [0.05, 0.1) is 0 Å².